The first-order valence-corrected chi connectivity index (χ1v) is 49.4. The van der Waals surface area contributed by atoms with Gasteiger partial charge in [0.1, 0.15) is 19.3 Å². The fourth-order valence-electron chi connectivity index (χ4n) is 14.0. The number of phosphoric ester groups is 2. The Hall–Kier alpha value is -1.94. The number of phosphoric acid groups is 2. The molecule has 0 heterocycles. The molecule has 4 unspecified atom stereocenters. The predicted octanol–water partition coefficient (Wildman–Crippen LogP) is 27.6. The molecule has 0 aliphatic carbocycles. The van der Waals surface area contributed by atoms with Crippen LogP contribution in [0.1, 0.15) is 479 Å². The van der Waals surface area contributed by atoms with Gasteiger partial charge in [-0.15, -0.1) is 0 Å². The molecule has 3 N–H and O–H groups in total. The molecular formula is C90H176O17P2. The van der Waals surface area contributed by atoms with Crippen molar-refractivity contribution in [1.82, 2.24) is 0 Å². The fourth-order valence-corrected chi connectivity index (χ4v) is 15.6. The van der Waals surface area contributed by atoms with E-state index in [0.717, 1.165) is 108 Å². The summed E-state index contributed by atoms with van der Waals surface area (Å²) in [7, 11) is -9.94. The van der Waals surface area contributed by atoms with E-state index in [1.165, 1.54) is 289 Å². The van der Waals surface area contributed by atoms with Gasteiger partial charge in [-0.1, -0.05) is 427 Å². The highest BCUT2D eigenvalue weighted by Crippen LogP contribution is 2.45. The Kier molecular flexibility index (Phi) is 78.5. The summed E-state index contributed by atoms with van der Waals surface area (Å²) < 4.78 is 69.1. The van der Waals surface area contributed by atoms with Gasteiger partial charge in [-0.3, -0.25) is 37.3 Å². The van der Waals surface area contributed by atoms with Crippen molar-refractivity contribution in [3.8, 4) is 0 Å². The van der Waals surface area contributed by atoms with Gasteiger partial charge in [0.15, 0.2) is 12.2 Å². The van der Waals surface area contributed by atoms with Crippen LogP contribution in [0.4, 0.5) is 0 Å². The lowest BCUT2D eigenvalue weighted by Gasteiger charge is -2.21. The third kappa shape index (κ3) is 81.0. The molecule has 17 nitrogen and oxygen atoms in total. The minimum atomic E-state index is -4.97. The summed E-state index contributed by atoms with van der Waals surface area (Å²) in [4.78, 5) is 73.4. The van der Waals surface area contributed by atoms with Crippen LogP contribution in [-0.4, -0.2) is 96.7 Å². The topological polar surface area (TPSA) is 237 Å². The standard InChI is InChI=1S/C90H176O17P2/c1-8-11-12-13-14-15-16-17-18-19-23-26-32-37-42-50-57-64-71-87(92)100-77-85(106-89(94)73-66-59-52-43-38-33-27-24-21-20-22-25-31-36-41-48-55-62-69-82(6)9-2)79-104-108(96,97)102-75-84(91)76-103-109(98,99)105-80-86(78-101-88(93)72-65-58-51-46-45-49-56-63-70-83(7)10-3)107-90(95)74-67-60-53-44-39-34-29-28-30-35-40-47-54-61-68-81(4)5/h81-86,91H,8-80H2,1-7H3,(H,96,97)(H,98,99)/t82?,83?,84-,85-,86-/m1/s1. The summed E-state index contributed by atoms with van der Waals surface area (Å²) in [6.45, 7) is 12.1. The first-order valence-electron chi connectivity index (χ1n) is 46.4. The van der Waals surface area contributed by atoms with Gasteiger partial charge < -0.3 is 33.8 Å². The molecule has 0 fully saturated rings. The van der Waals surface area contributed by atoms with Crippen LogP contribution in [0.3, 0.4) is 0 Å². The lowest BCUT2D eigenvalue weighted by Crippen LogP contribution is -2.30. The molecule has 0 aliphatic heterocycles. The summed E-state index contributed by atoms with van der Waals surface area (Å²) in [6, 6.07) is 0. The van der Waals surface area contributed by atoms with Gasteiger partial charge in [-0.2, -0.15) is 0 Å². The van der Waals surface area contributed by atoms with E-state index < -0.39 is 97.5 Å². The van der Waals surface area contributed by atoms with Crippen molar-refractivity contribution >= 4 is 39.5 Å². The molecule has 0 aromatic carbocycles. The molecular weight excluding hydrogens is 1410 g/mol. The van der Waals surface area contributed by atoms with E-state index in [1.807, 2.05) is 0 Å². The van der Waals surface area contributed by atoms with Crippen LogP contribution in [0, 0.1) is 17.8 Å². The van der Waals surface area contributed by atoms with Gasteiger partial charge >= 0.3 is 39.5 Å². The average molecular weight is 1590 g/mol. The number of hydrogen-bond donors (Lipinski definition) is 3. The van der Waals surface area contributed by atoms with Gasteiger partial charge in [0.25, 0.3) is 0 Å². The summed E-state index contributed by atoms with van der Waals surface area (Å²) in [5.74, 6) is 0.344. The maximum atomic E-state index is 13.2. The SMILES string of the molecule is CCCCCCCCCCCCCCCCCCCCC(=O)OC[C@H](COP(=O)(O)OC[C@@H](O)COP(=O)(O)OC[C@@H](COC(=O)CCCCCCCCCCC(C)CC)OC(=O)CCCCCCCCCCCCCCCCC(C)C)OC(=O)CCCCCCCCCCCCCCCCCCCCC(C)CC. The zero-order valence-electron chi connectivity index (χ0n) is 72.0. The molecule has 0 spiro atoms. The van der Waals surface area contributed by atoms with Crippen LogP contribution in [-0.2, 0) is 65.4 Å². The molecule has 109 heavy (non-hydrogen) atoms. The number of hydrogen-bond acceptors (Lipinski definition) is 15. The number of aliphatic hydroxyl groups is 1. The maximum Gasteiger partial charge on any atom is 0.472 e. The van der Waals surface area contributed by atoms with Crippen molar-refractivity contribution in [2.75, 3.05) is 39.6 Å². The lowest BCUT2D eigenvalue weighted by atomic mass is 9.99. The molecule has 0 aromatic rings. The van der Waals surface area contributed by atoms with E-state index in [2.05, 4.69) is 48.5 Å². The van der Waals surface area contributed by atoms with Gasteiger partial charge in [0, 0.05) is 25.7 Å². The van der Waals surface area contributed by atoms with E-state index in [1.54, 1.807) is 0 Å². The van der Waals surface area contributed by atoms with E-state index in [4.69, 9.17) is 37.0 Å². The predicted molar refractivity (Wildman–Crippen MR) is 451 cm³/mol. The van der Waals surface area contributed by atoms with Crippen LogP contribution in [0.2, 0.25) is 0 Å². The smallest absolute Gasteiger partial charge is 0.462 e. The Morgan fingerprint density at radius 2 is 0.468 bits per heavy atom. The molecule has 648 valence electrons. The monoisotopic (exact) mass is 1590 g/mol. The van der Waals surface area contributed by atoms with E-state index in [9.17, 15) is 43.2 Å². The molecule has 0 rings (SSSR count). The first-order chi connectivity index (χ1) is 52.8. The Balaban J connectivity index is 5.25. The van der Waals surface area contributed by atoms with Crippen molar-refractivity contribution in [2.45, 2.75) is 497 Å². The second-order valence-corrected chi connectivity index (χ2v) is 36.2. The Labute approximate surface area is 670 Å². The van der Waals surface area contributed by atoms with Crippen molar-refractivity contribution < 1.29 is 80.2 Å². The molecule has 0 saturated heterocycles. The largest absolute Gasteiger partial charge is 0.472 e. The molecule has 19 heteroatoms. The third-order valence-corrected chi connectivity index (χ3v) is 23.8. The van der Waals surface area contributed by atoms with Crippen LogP contribution < -0.4 is 0 Å². The number of rotatable bonds is 88. The summed E-state index contributed by atoms with van der Waals surface area (Å²) >= 11 is 0. The van der Waals surface area contributed by atoms with Gasteiger partial charge in [-0.05, 0) is 43.4 Å². The summed E-state index contributed by atoms with van der Waals surface area (Å²) in [6.07, 6.45) is 72.1. The minimum Gasteiger partial charge on any atom is -0.462 e. The van der Waals surface area contributed by atoms with Crippen LogP contribution >= 0.6 is 15.6 Å². The van der Waals surface area contributed by atoms with Crippen molar-refractivity contribution in [3.05, 3.63) is 0 Å². The second-order valence-electron chi connectivity index (χ2n) is 33.3. The van der Waals surface area contributed by atoms with E-state index in [-0.39, 0.29) is 25.7 Å². The number of esters is 4. The van der Waals surface area contributed by atoms with Gasteiger partial charge in [-0.25, -0.2) is 9.13 Å². The van der Waals surface area contributed by atoms with Crippen LogP contribution in [0.25, 0.3) is 0 Å². The number of carbonyl (C=O) groups excluding carboxylic acids is 4. The minimum absolute atomic E-state index is 0.107. The third-order valence-electron chi connectivity index (χ3n) is 21.9. The molecule has 0 aliphatic rings. The zero-order chi connectivity index (χ0) is 80.0. The number of carbonyl (C=O) groups is 4. The summed E-state index contributed by atoms with van der Waals surface area (Å²) in [5, 5.41) is 10.7. The molecule has 0 bridgehead atoms. The average Bonchev–Trinajstić information content (AvgIpc) is 0.902. The number of unbranched alkanes of at least 4 members (excludes halogenated alkanes) is 54. The molecule has 0 saturated carbocycles. The molecule has 0 radical (unpaired) electrons. The van der Waals surface area contributed by atoms with Crippen LogP contribution in [0.5, 0.6) is 0 Å². The van der Waals surface area contributed by atoms with Gasteiger partial charge in [0.05, 0.1) is 26.4 Å². The lowest BCUT2D eigenvalue weighted by molar-refractivity contribution is -0.161. The normalized spacial score (nSPS) is 14.3. The molecule has 0 aromatic heterocycles. The van der Waals surface area contributed by atoms with E-state index >= 15 is 0 Å². The highest BCUT2D eigenvalue weighted by Gasteiger charge is 2.31. The van der Waals surface area contributed by atoms with Crippen LogP contribution in [0.15, 0.2) is 0 Å². The quantitative estimate of drug-likeness (QED) is 0.0222. The highest BCUT2D eigenvalue weighted by molar-refractivity contribution is 7.47. The molecule has 7 atom stereocenters. The van der Waals surface area contributed by atoms with Crippen molar-refractivity contribution in [2.24, 2.45) is 17.8 Å². The number of ether oxygens (including phenoxy) is 4. The number of aliphatic hydroxyl groups excluding tert-OH is 1. The highest BCUT2D eigenvalue weighted by atomic mass is 31.2. The Bertz CT molecular complexity index is 2100. The maximum absolute atomic E-state index is 13.2. The van der Waals surface area contributed by atoms with Crippen molar-refractivity contribution in [1.29, 1.82) is 0 Å². The first kappa shape index (κ1) is 107. The summed E-state index contributed by atoms with van der Waals surface area (Å²) in [5.41, 5.74) is 0. The van der Waals surface area contributed by atoms with E-state index in [0.29, 0.717) is 25.7 Å². The Morgan fingerprint density at radius 3 is 0.697 bits per heavy atom. The Morgan fingerprint density at radius 1 is 0.266 bits per heavy atom. The fraction of sp³-hybridized carbons (Fsp3) is 0.956. The van der Waals surface area contributed by atoms with Crippen molar-refractivity contribution in [3.63, 3.8) is 0 Å². The van der Waals surface area contributed by atoms with Gasteiger partial charge in [0.2, 0.25) is 0 Å². The zero-order valence-corrected chi connectivity index (χ0v) is 73.8. The molecule has 0 amide bonds. The second kappa shape index (κ2) is 79.9.